The molecule has 8 heteroatoms. The lowest BCUT2D eigenvalue weighted by Gasteiger charge is -2.07. The summed E-state index contributed by atoms with van der Waals surface area (Å²) in [7, 11) is 0. The Morgan fingerprint density at radius 1 is 0.808 bits per heavy atom. The molecule has 0 amide bonds. The summed E-state index contributed by atoms with van der Waals surface area (Å²) in [5.74, 6) is -0.814. The molecule has 7 nitrogen and oxygen atoms in total. The summed E-state index contributed by atoms with van der Waals surface area (Å²) < 4.78 is 2.60. The van der Waals surface area contributed by atoms with Gasteiger partial charge in [-0.2, -0.15) is 4.73 Å². The summed E-state index contributed by atoms with van der Waals surface area (Å²) in [6.07, 6.45) is 6.32. The van der Waals surface area contributed by atoms with Gasteiger partial charge in [0.1, 0.15) is 4.64 Å². The van der Waals surface area contributed by atoms with E-state index in [0.29, 0.717) is 17.5 Å². The number of unbranched alkanes of at least 4 members (excludes halogenated alkanes) is 3. The van der Waals surface area contributed by atoms with E-state index in [1.54, 1.807) is 36.5 Å². The van der Waals surface area contributed by atoms with E-state index in [-0.39, 0.29) is 18.8 Å². The molecule has 0 saturated heterocycles. The second-order valence-electron chi connectivity index (χ2n) is 5.57. The summed E-state index contributed by atoms with van der Waals surface area (Å²) in [5.41, 5.74) is -0.391. The number of nitrogens with zero attached hydrogens (tertiary/aromatic N) is 2. The number of carbonyl (C=O) groups excluding carboxylic acids is 2. The van der Waals surface area contributed by atoms with E-state index in [4.69, 9.17) is 21.9 Å². The third kappa shape index (κ3) is 6.64. The normalized spacial score (nSPS) is 10.3. The fourth-order valence-corrected chi connectivity index (χ4v) is 2.36. The van der Waals surface area contributed by atoms with Crippen LogP contribution in [0.25, 0.3) is 0 Å². The molecular formula is C18H20N2O5S. The van der Waals surface area contributed by atoms with Crippen molar-refractivity contribution in [1.82, 2.24) is 9.46 Å². The van der Waals surface area contributed by atoms with Gasteiger partial charge in [-0.1, -0.05) is 37.2 Å². The van der Waals surface area contributed by atoms with Crippen molar-refractivity contribution in [2.75, 3.05) is 0 Å². The molecule has 0 radical (unpaired) electrons. The topological polar surface area (TPSA) is 79.5 Å². The third-order valence-corrected chi connectivity index (χ3v) is 3.81. The minimum absolute atomic E-state index is 0.213. The van der Waals surface area contributed by atoms with Gasteiger partial charge in [0.25, 0.3) is 5.56 Å². The highest BCUT2D eigenvalue weighted by Gasteiger charge is 2.07. The Morgan fingerprint density at radius 3 is 1.92 bits per heavy atom. The van der Waals surface area contributed by atoms with Gasteiger partial charge in [0, 0.05) is 31.3 Å². The first-order chi connectivity index (χ1) is 12.6. The van der Waals surface area contributed by atoms with E-state index in [1.165, 1.54) is 17.0 Å². The van der Waals surface area contributed by atoms with Gasteiger partial charge in [-0.3, -0.25) is 4.79 Å². The Balaban J connectivity index is 1.58. The van der Waals surface area contributed by atoms with Gasteiger partial charge < -0.3 is 9.68 Å². The van der Waals surface area contributed by atoms with Gasteiger partial charge in [0.15, 0.2) is 0 Å². The highest BCUT2D eigenvalue weighted by Crippen LogP contribution is 2.06. The number of aromatic nitrogens is 2. The van der Waals surface area contributed by atoms with Crippen molar-refractivity contribution in [2.24, 2.45) is 0 Å². The van der Waals surface area contributed by atoms with E-state index in [1.807, 2.05) is 0 Å². The maximum atomic E-state index is 11.7. The molecule has 0 fully saturated rings. The van der Waals surface area contributed by atoms with Crippen molar-refractivity contribution in [3.8, 4) is 0 Å². The lowest BCUT2D eigenvalue weighted by Crippen LogP contribution is -2.29. The zero-order valence-electron chi connectivity index (χ0n) is 14.2. The van der Waals surface area contributed by atoms with E-state index in [9.17, 15) is 14.4 Å². The first kappa shape index (κ1) is 19.6. The third-order valence-electron chi connectivity index (χ3n) is 3.49. The number of hydrogen-bond donors (Lipinski definition) is 0. The van der Waals surface area contributed by atoms with Crippen LogP contribution in [-0.2, 0) is 9.59 Å². The highest BCUT2D eigenvalue weighted by atomic mass is 32.1. The monoisotopic (exact) mass is 376 g/mol. The summed E-state index contributed by atoms with van der Waals surface area (Å²) in [4.78, 5) is 44.9. The van der Waals surface area contributed by atoms with Gasteiger partial charge in [-0.15, -0.1) is 4.73 Å². The molecule has 2 aromatic rings. The summed E-state index contributed by atoms with van der Waals surface area (Å²) in [6.45, 7) is 0. The van der Waals surface area contributed by atoms with Crippen LogP contribution in [0.5, 0.6) is 0 Å². The summed E-state index contributed by atoms with van der Waals surface area (Å²) >= 11 is 5.04. The summed E-state index contributed by atoms with van der Waals surface area (Å²) in [5, 5.41) is 0. The fourth-order valence-electron chi connectivity index (χ4n) is 2.18. The van der Waals surface area contributed by atoms with Crippen molar-refractivity contribution in [3.63, 3.8) is 0 Å². The smallest absolute Gasteiger partial charge is 0.333 e. The molecule has 0 atom stereocenters. The molecule has 0 aliphatic heterocycles. The molecule has 138 valence electrons. The van der Waals surface area contributed by atoms with Gasteiger partial charge in [-0.25, -0.2) is 9.59 Å². The number of rotatable bonds is 9. The molecule has 2 rings (SSSR count). The Morgan fingerprint density at radius 2 is 1.35 bits per heavy atom. The Hall–Kier alpha value is -2.74. The van der Waals surface area contributed by atoms with Crippen molar-refractivity contribution in [1.29, 1.82) is 0 Å². The zero-order chi connectivity index (χ0) is 18.8. The van der Waals surface area contributed by atoms with E-state index < -0.39 is 11.5 Å². The quantitative estimate of drug-likeness (QED) is 0.494. The first-order valence-electron chi connectivity index (χ1n) is 8.34. The number of pyridine rings is 2. The van der Waals surface area contributed by atoms with Crippen LogP contribution < -0.4 is 15.2 Å². The molecule has 2 aromatic heterocycles. The van der Waals surface area contributed by atoms with Gasteiger partial charge in [-0.05, 0) is 31.0 Å². The summed E-state index contributed by atoms with van der Waals surface area (Å²) in [6, 6.07) is 9.66. The van der Waals surface area contributed by atoms with Gasteiger partial charge in [0.05, 0.1) is 0 Å². The zero-order valence-corrected chi connectivity index (χ0v) is 15.0. The predicted molar refractivity (Wildman–Crippen MR) is 96.8 cm³/mol. The SMILES string of the molecule is O=C(CCCCCCC(=O)On1ccccc1=S)On1ccccc1=O. The first-order valence-corrected chi connectivity index (χ1v) is 8.75. The minimum atomic E-state index is -0.462. The maximum Gasteiger partial charge on any atom is 0.333 e. The molecular weight excluding hydrogens is 356 g/mol. The molecule has 0 aromatic carbocycles. The predicted octanol–water partition coefficient (Wildman–Crippen LogP) is 2.33. The maximum absolute atomic E-state index is 11.7. The Labute approximate surface area is 155 Å². The van der Waals surface area contributed by atoms with E-state index in [0.717, 1.165) is 17.6 Å². The molecule has 0 N–H and O–H groups in total. The largest absolute Gasteiger partial charge is 0.336 e. The standard InChI is InChI=1S/C18H20N2O5S/c21-15-9-5-7-13-19(15)24-17(22)11-3-1-2-4-12-18(23)25-20-14-8-6-10-16(20)26/h5-10,13-14H,1-4,11-12H2. The minimum Gasteiger partial charge on any atom is -0.336 e. The van der Waals surface area contributed by atoms with Crippen molar-refractivity contribution in [2.45, 2.75) is 38.5 Å². The molecule has 0 bridgehead atoms. The van der Waals surface area contributed by atoms with Crippen LogP contribution in [0.1, 0.15) is 38.5 Å². The molecule has 2 heterocycles. The van der Waals surface area contributed by atoms with Crippen LogP contribution in [0.4, 0.5) is 0 Å². The van der Waals surface area contributed by atoms with Crippen LogP contribution in [0.3, 0.4) is 0 Å². The average molecular weight is 376 g/mol. The van der Waals surface area contributed by atoms with Crippen molar-refractivity contribution in [3.05, 3.63) is 63.8 Å². The van der Waals surface area contributed by atoms with Crippen LogP contribution in [0, 0.1) is 4.64 Å². The molecule has 0 spiro atoms. The van der Waals surface area contributed by atoms with E-state index in [2.05, 4.69) is 0 Å². The molecule has 0 saturated carbocycles. The molecule has 0 aliphatic carbocycles. The lowest BCUT2D eigenvalue weighted by atomic mass is 10.1. The molecule has 0 unspecified atom stereocenters. The Kier molecular flexibility index (Phi) is 7.75. The van der Waals surface area contributed by atoms with Gasteiger partial charge >= 0.3 is 11.9 Å². The van der Waals surface area contributed by atoms with Crippen LogP contribution in [0.15, 0.2) is 53.6 Å². The highest BCUT2D eigenvalue weighted by molar-refractivity contribution is 7.71. The molecule has 0 aliphatic rings. The number of carbonyl (C=O) groups is 2. The lowest BCUT2D eigenvalue weighted by molar-refractivity contribution is -0.145. The fraction of sp³-hybridized carbons (Fsp3) is 0.333. The van der Waals surface area contributed by atoms with Crippen molar-refractivity contribution >= 4 is 24.2 Å². The van der Waals surface area contributed by atoms with Gasteiger partial charge in [0.2, 0.25) is 0 Å². The van der Waals surface area contributed by atoms with Crippen LogP contribution in [0.2, 0.25) is 0 Å². The van der Waals surface area contributed by atoms with Crippen LogP contribution >= 0.6 is 12.2 Å². The second-order valence-corrected chi connectivity index (χ2v) is 5.99. The molecule has 26 heavy (non-hydrogen) atoms. The van der Waals surface area contributed by atoms with Crippen molar-refractivity contribution < 1.29 is 19.3 Å². The second kappa shape index (κ2) is 10.3. The average Bonchev–Trinajstić information content (AvgIpc) is 2.62. The van der Waals surface area contributed by atoms with Crippen LogP contribution in [-0.4, -0.2) is 21.4 Å². The van der Waals surface area contributed by atoms with E-state index >= 15 is 0 Å². The Bertz CT molecular complexity index is 787. The number of hydrogen-bond acceptors (Lipinski definition) is 6.